The summed E-state index contributed by atoms with van der Waals surface area (Å²) in [7, 11) is 0. The molecule has 0 spiro atoms. The minimum absolute atomic E-state index is 0.320. The van der Waals surface area contributed by atoms with Gasteiger partial charge in [-0.3, -0.25) is 9.69 Å². The first-order chi connectivity index (χ1) is 10.3. The van der Waals surface area contributed by atoms with Crippen LogP contribution in [-0.4, -0.2) is 61.0 Å². The van der Waals surface area contributed by atoms with Gasteiger partial charge in [-0.2, -0.15) is 0 Å². The lowest BCUT2D eigenvalue weighted by Crippen LogP contribution is -2.48. The second-order valence-electron chi connectivity index (χ2n) is 6.54. The van der Waals surface area contributed by atoms with E-state index in [9.17, 15) is 4.79 Å². The SMILES string of the molecule is CCN(CC)C(=O)CN1CCCCCC1C1CCNCC1. The van der Waals surface area contributed by atoms with Gasteiger partial charge >= 0.3 is 0 Å². The van der Waals surface area contributed by atoms with Gasteiger partial charge < -0.3 is 10.2 Å². The normalized spacial score (nSPS) is 25.5. The van der Waals surface area contributed by atoms with Gasteiger partial charge in [-0.25, -0.2) is 0 Å². The van der Waals surface area contributed by atoms with Gasteiger partial charge in [0.2, 0.25) is 5.91 Å². The largest absolute Gasteiger partial charge is 0.342 e. The number of amides is 1. The van der Waals surface area contributed by atoms with Crippen LogP contribution in [0, 0.1) is 5.92 Å². The Morgan fingerprint density at radius 1 is 1.10 bits per heavy atom. The number of nitrogens with one attached hydrogen (secondary N) is 1. The molecule has 2 rings (SSSR count). The molecule has 0 radical (unpaired) electrons. The van der Waals surface area contributed by atoms with Crippen molar-refractivity contribution in [3.05, 3.63) is 0 Å². The third kappa shape index (κ3) is 4.68. The van der Waals surface area contributed by atoms with Crippen molar-refractivity contribution in [3.63, 3.8) is 0 Å². The van der Waals surface area contributed by atoms with Crippen LogP contribution in [0.15, 0.2) is 0 Å². The zero-order chi connectivity index (χ0) is 15.1. The maximum Gasteiger partial charge on any atom is 0.236 e. The molecule has 0 aromatic rings. The van der Waals surface area contributed by atoms with Crippen LogP contribution in [-0.2, 0) is 4.79 Å². The molecule has 1 atom stereocenters. The van der Waals surface area contributed by atoms with Crippen LogP contribution in [0.3, 0.4) is 0 Å². The Balaban J connectivity index is 1.99. The monoisotopic (exact) mass is 295 g/mol. The molecule has 0 aromatic carbocycles. The molecule has 1 unspecified atom stereocenters. The Bertz CT molecular complexity index is 311. The van der Waals surface area contributed by atoms with E-state index in [1.807, 2.05) is 4.90 Å². The van der Waals surface area contributed by atoms with Crippen molar-refractivity contribution < 1.29 is 4.79 Å². The van der Waals surface area contributed by atoms with E-state index in [4.69, 9.17) is 0 Å². The fourth-order valence-corrected chi connectivity index (χ4v) is 4.00. The van der Waals surface area contributed by atoms with Gasteiger partial charge in [-0.1, -0.05) is 12.8 Å². The van der Waals surface area contributed by atoms with Gasteiger partial charge in [-0.05, 0) is 65.1 Å². The molecule has 122 valence electrons. The zero-order valence-corrected chi connectivity index (χ0v) is 13.9. The molecule has 2 aliphatic rings. The van der Waals surface area contributed by atoms with Gasteiger partial charge in [0.1, 0.15) is 0 Å². The summed E-state index contributed by atoms with van der Waals surface area (Å²) in [6.45, 7) is 9.88. The summed E-state index contributed by atoms with van der Waals surface area (Å²) in [5.41, 5.74) is 0. The zero-order valence-electron chi connectivity index (χ0n) is 13.9. The van der Waals surface area contributed by atoms with Gasteiger partial charge in [-0.15, -0.1) is 0 Å². The van der Waals surface area contributed by atoms with Crippen LogP contribution < -0.4 is 5.32 Å². The van der Waals surface area contributed by atoms with E-state index in [2.05, 4.69) is 24.1 Å². The Kier molecular flexibility index (Phi) is 6.97. The van der Waals surface area contributed by atoms with Crippen LogP contribution in [0.1, 0.15) is 52.4 Å². The number of hydrogen-bond donors (Lipinski definition) is 1. The van der Waals surface area contributed by atoms with Gasteiger partial charge in [0.15, 0.2) is 0 Å². The van der Waals surface area contributed by atoms with Crippen LogP contribution in [0.5, 0.6) is 0 Å². The standard InChI is InChI=1S/C17H33N3O/c1-3-19(4-2)17(21)14-20-13-7-5-6-8-16(20)15-9-11-18-12-10-15/h15-16,18H,3-14H2,1-2H3. The Labute approximate surface area is 130 Å². The molecule has 0 saturated carbocycles. The molecule has 4 nitrogen and oxygen atoms in total. The Morgan fingerprint density at radius 2 is 1.81 bits per heavy atom. The number of rotatable bonds is 5. The quantitative estimate of drug-likeness (QED) is 0.844. The van der Waals surface area contributed by atoms with E-state index in [-0.39, 0.29) is 0 Å². The molecule has 0 aromatic heterocycles. The number of likely N-dealkylation sites (tertiary alicyclic amines) is 1. The van der Waals surface area contributed by atoms with E-state index in [1.54, 1.807) is 0 Å². The van der Waals surface area contributed by atoms with Crippen molar-refractivity contribution in [2.75, 3.05) is 39.3 Å². The molecular formula is C17H33N3O. The Hall–Kier alpha value is -0.610. The summed E-state index contributed by atoms with van der Waals surface area (Å²) in [5, 5.41) is 3.47. The summed E-state index contributed by atoms with van der Waals surface area (Å²) in [4.78, 5) is 17.0. The molecule has 4 heteroatoms. The topological polar surface area (TPSA) is 35.6 Å². The van der Waals surface area contributed by atoms with Crippen LogP contribution in [0.2, 0.25) is 0 Å². The third-order valence-electron chi connectivity index (χ3n) is 5.30. The predicted molar refractivity (Wildman–Crippen MR) is 87.4 cm³/mol. The summed E-state index contributed by atoms with van der Waals surface area (Å²) in [5.74, 6) is 1.11. The van der Waals surface area contributed by atoms with Crippen LogP contribution >= 0.6 is 0 Å². The van der Waals surface area contributed by atoms with E-state index in [1.165, 1.54) is 38.5 Å². The smallest absolute Gasteiger partial charge is 0.236 e. The molecular weight excluding hydrogens is 262 g/mol. The summed E-state index contributed by atoms with van der Waals surface area (Å²) >= 11 is 0. The molecule has 0 aliphatic carbocycles. The highest BCUT2D eigenvalue weighted by Gasteiger charge is 2.31. The van der Waals surface area contributed by atoms with Crippen molar-refractivity contribution in [2.24, 2.45) is 5.92 Å². The lowest BCUT2D eigenvalue weighted by Gasteiger charge is -2.38. The molecule has 21 heavy (non-hydrogen) atoms. The van der Waals surface area contributed by atoms with Crippen molar-refractivity contribution in [3.8, 4) is 0 Å². The summed E-state index contributed by atoms with van der Waals surface area (Å²) < 4.78 is 0. The molecule has 2 aliphatic heterocycles. The number of piperidine rings is 1. The average Bonchev–Trinajstić information content (AvgIpc) is 2.75. The fraction of sp³-hybridized carbons (Fsp3) is 0.941. The average molecular weight is 295 g/mol. The summed E-state index contributed by atoms with van der Waals surface area (Å²) in [6.07, 6.45) is 7.77. The lowest BCUT2D eigenvalue weighted by atomic mass is 9.87. The predicted octanol–water partition coefficient (Wildman–Crippen LogP) is 2.10. The molecule has 0 bridgehead atoms. The van der Waals surface area contributed by atoms with Crippen molar-refractivity contribution in [1.82, 2.24) is 15.1 Å². The first-order valence-corrected chi connectivity index (χ1v) is 8.98. The van der Waals surface area contributed by atoms with Gasteiger partial charge in [0.05, 0.1) is 6.54 Å². The van der Waals surface area contributed by atoms with E-state index in [0.29, 0.717) is 18.5 Å². The third-order valence-corrected chi connectivity index (χ3v) is 5.30. The molecule has 2 fully saturated rings. The lowest BCUT2D eigenvalue weighted by molar-refractivity contribution is -0.133. The maximum absolute atomic E-state index is 12.5. The first-order valence-electron chi connectivity index (χ1n) is 8.98. The molecule has 2 saturated heterocycles. The summed E-state index contributed by atoms with van der Waals surface area (Å²) in [6, 6.07) is 0.633. The van der Waals surface area contributed by atoms with Gasteiger partial charge in [0.25, 0.3) is 0 Å². The second-order valence-corrected chi connectivity index (χ2v) is 6.54. The minimum Gasteiger partial charge on any atom is -0.342 e. The highest BCUT2D eigenvalue weighted by atomic mass is 16.2. The van der Waals surface area contributed by atoms with Crippen molar-refractivity contribution in [2.45, 2.75) is 58.4 Å². The number of nitrogens with zero attached hydrogens (tertiary/aromatic N) is 2. The number of carbonyl (C=O) groups excluding carboxylic acids is 1. The van der Waals surface area contributed by atoms with Crippen LogP contribution in [0.4, 0.5) is 0 Å². The molecule has 1 N–H and O–H groups in total. The Morgan fingerprint density at radius 3 is 2.48 bits per heavy atom. The highest BCUT2D eigenvalue weighted by Crippen LogP contribution is 2.28. The van der Waals surface area contributed by atoms with Crippen LogP contribution in [0.25, 0.3) is 0 Å². The van der Waals surface area contributed by atoms with E-state index >= 15 is 0 Å². The minimum atomic E-state index is 0.320. The molecule has 1 amide bonds. The molecule has 2 heterocycles. The number of hydrogen-bond acceptors (Lipinski definition) is 3. The fourth-order valence-electron chi connectivity index (χ4n) is 4.00. The van der Waals surface area contributed by atoms with Crippen molar-refractivity contribution >= 4 is 5.91 Å². The highest BCUT2D eigenvalue weighted by molar-refractivity contribution is 5.78. The second kappa shape index (κ2) is 8.74. The van der Waals surface area contributed by atoms with E-state index < -0.39 is 0 Å². The maximum atomic E-state index is 12.5. The van der Waals surface area contributed by atoms with Crippen molar-refractivity contribution in [1.29, 1.82) is 0 Å². The first kappa shape index (κ1) is 16.8. The number of carbonyl (C=O) groups is 1. The number of likely N-dealkylation sites (N-methyl/N-ethyl adjacent to an activating group) is 1. The van der Waals surface area contributed by atoms with E-state index in [0.717, 1.165) is 38.6 Å². The van der Waals surface area contributed by atoms with Gasteiger partial charge in [0, 0.05) is 19.1 Å².